The molecular weight excluding hydrogens is 359 g/mol. The van der Waals surface area contributed by atoms with Crippen LogP contribution in [0.3, 0.4) is 0 Å². The molecule has 0 aliphatic carbocycles. The lowest BCUT2D eigenvalue weighted by Crippen LogP contribution is -2.18. The van der Waals surface area contributed by atoms with Crippen molar-refractivity contribution in [3.63, 3.8) is 0 Å². The van der Waals surface area contributed by atoms with Gasteiger partial charge in [0.15, 0.2) is 0 Å². The molecule has 0 aliphatic rings. The van der Waals surface area contributed by atoms with Crippen LogP contribution in [0, 0.1) is 5.82 Å². The van der Waals surface area contributed by atoms with Crippen LogP contribution < -0.4 is 5.32 Å². The van der Waals surface area contributed by atoms with Crippen molar-refractivity contribution >= 4 is 23.2 Å². The minimum Gasteiger partial charge on any atom is -0.318 e. The van der Waals surface area contributed by atoms with Gasteiger partial charge in [-0.25, -0.2) is 4.39 Å². The summed E-state index contributed by atoms with van der Waals surface area (Å²) in [5, 5.41) is 10.2. The summed E-state index contributed by atoms with van der Waals surface area (Å²) in [6, 6.07) is 5.18. The number of nitrogens with zero attached hydrogens (tertiary/aromatic N) is 4. The molecule has 3 aromatic rings. The van der Waals surface area contributed by atoms with Gasteiger partial charge >= 0.3 is 6.55 Å². The average Bonchev–Trinajstić information content (AvgIpc) is 3.19. The number of halogens is 4. The highest BCUT2D eigenvalue weighted by atomic mass is 35.5. The topological polar surface area (TPSA) is 64.7 Å². The summed E-state index contributed by atoms with van der Waals surface area (Å²) in [5.74, 6) is -1.19. The van der Waals surface area contributed by atoms with Crippen LogP contribution in [0.2, 0.25) is 5.02 Å². The van der Waals surface area contributed by atoms with E-state index in [1.165, 1.54) is 41.3 Å². The molecule has 1 aromatic carbocycles. The lowest BCUT2D eigenvalue weighted by atomic mass is 10.2. The number of rotatable bonds is 5. The van der Waals surface area contributed by atoms with Gasteiger partial charge in [0, 0.05) is 17.4 Å². The minimum absolute atomic E-state index is 0.252. The maximum Gasteiger partial charge on any atom is 0.333 e. The molecule has 2 aromatic heterocycles. The fraction of sp³-hybridized carbons (Fsp3) is 0.133. The Bertz CT molecular complexity index is 908. The zero-order valence-corrected chi connectivity index (χ0v) is 13.3. The van der Waals surface area contributed by atoms with Crippen molar-refractivity contribution in [1.82, 2.24) is 19.6 Å². The van der Waals surface area contributed by atoms with Crippen molar-refractivity contribution in [2.24, 2.45) is 0 Å². The van der Waals surface area contributed by atoms with E-state index in [2.05, 4.69) is 15.5 Å². The molecule has 0 saturated carbocycles. The Hall–Kier alpha value is -2.81. The van der Waals surface area contributed by atoms with Gasteiger partial charge in [0.25, 0.3) is 5.91 Å². The van der Waals surface area contributed by atoms with Crippen molar-refractivity contribution < 1.29 is 18.0 Å². The Morgan fingerprint density at radius 2 is 2.08 bits per heavy atom. The number of hydrogen-bond acceptors (Lipinski definition) is 3. The standard InChI is InChI=1S/C15H11ClF3N5O/c16-12-5-10(17)2-1-9(12)7-23-8-11(6-21-23)22-14(25)13-3-4-20-24(13)15(18)19/h1-6,8,15H,7H2,(H,22,25). The normalized spacial score (nSPS) is 11.1. The number of carbonyl (C=O) groups excluding carboxylic acids is 1. The Kier molecular flexibility index (Phi) is 4.75. The summed E-state index contributed by atoms with van der Waals surface area (Å²) < 4.78 is 40.3. The first-order valence-electron chi connectivity index (χ1n) is 7.03. The molecule has 25 heavy (non-hydrogen) atoms. The number of carbonyl (C=O) groups is 1. The van der Waals surface area contributed by atoms with E-state index in [-0.39, 0.29) is 17.3 Å². The molecule has 130 valence electrons. The van der Waals surface area contributed by atoms with Gasteiger partial charge < -0.3 is 5.32 Å². The molecule has 1 N–H and O–H groups in total. The first-order valence-corrected chi connectivity index (χ1v) is 7.41. The van der Waals surface area contributed by atoms with Crippen LogP contribution in [-0.4, -0.2) is 25.5 Å². The van der Waals surface area contributed by atoms with Gasteiger partial charge in [-0.05, 0) is 23.8 Å². The van der Waals surface area contributed by atoms with Gasteiger partial charge in [0.1, 0.15) is 11.5 Å². The van der Waals surface area contributed by atoms with Crippen LogP contribution >= 0.6 is 11.6 Å². The zero-order valence-electron chi connectivity index (χ0n) is 12.5. The van der Waals surface area contributed by atoms with Crippen LogP contribution in [-0.2, 0) is 6.54 Å². The Morgan fingerprint density at radius 1 is 1.28 bits per heavy atom. The molecule has 0 aliphatic heterocycles. The molecule has 0 spiro atoms. The minimum atomic E-state index is -2.92. The van der Waals surface area contributed by atoms with Crippen molar-refractivity contribution in [3.8, 4) is 0 Å². The van der Waals surface area contributed by atoms with Gasteiger partial charge in [0.05, 0.1) is 18.4 Å². The number of hydrogen-bond donors (Lipinski definition) is 1. The third-order valence-electron chi connectivity index (χ3n) is 3.33. The Morgan fingerprint density at radius 3 is 2.80 bits per heavy atom. The van der Waals surface area contributed by atoms with Crippen molar-refractivity contribution in [1.29, 1.82) is 0 Å². The molecule has 0 fully saturated rings. The van der Waals surface area contributed by atoms with Gasteiger partial charge in [-0.3, -0.25) is 9.48 Å². The third kappa shape index (κ3) is 3.82. The molecule has 0 saturated heterocycles. The first-order chi connectivity index (χ1) is 11.9. The maximum atomic E-state index is 13.0. The van der Waals surface area contributed by atoms with Crippen molar-refractivity contribution in [3.05, 3.63) is 65.0 Å². The lowest BCUT2D eigenvalue weighted by molar-refractivity contribution is 0.0520. The van der Waals surface area contributed by atoms with Crippen LogP contribution in [0.1, 0.15) is 22.6 Å². The second-order valence-electron chi connectivity index (χ2n) is 5.06. The molecule has 10 heteroatoms. The van der Waals surface area contributed by atoms with E-state index >= 15 is 0 Å². The van der Waals surface area contributed by atoms with E-state index in [0.717, 1.165) is 6.20 Å². The molecular formula is C15H11ClF3N5O. The molecule has 0 bridgehead atoms. The summed E-state index contributed by atoms with van der Waals surface area (Å²) in [6.45, 7) is -2.66. The highest BCUT2D eigenvalue weighted by molar-refractivity contribution is 6.31. The summed E-state index contributed by atoms with van der Waals surface area (Å²) in [4.78, 5) is 12.1. The number of alkyl halides is 2. The van der Waals surface area contributed by atoms with Crippen LogP contribution in [0.15, 0.2) is 42.9 Å². The van der Waals surface area contributed by atoms with Gasteiger partial charge in [0.2, 0.25) is 0 Å². The van der Waals surface area contributed by atoms with Gasteiger partial charge in [-0.1, -0.05) is 17.7 Å². The summed E-state index contributed by atoms with van der Waals surface area (Å²) in [7, 11) is 0. The SMILES string of the molecule is O=C(Nc1cnn(Cc2ccc(F)cc2Cl)c1)c1ccnn1C(F)F. The number of anilines is 1. The quantitative estimate of drug-likeness (QED) is 0.747. The monoisotopic (exact) mass is 369 g/mol. The molecule has 6 nitrogen and oxygen atoms in total. The number of nitrogens with one attached hydrogen (secondary N) is 1. The molecule has 0 unspecified atom stereocenters. The average molecular weight is 370 g/mol. The van der Waals surface area contributed by atoms with E-state index in [4.69, 9.17) is 11.6 Å². The fourth-order valence-electron chi connectivity index (χ4n) is 2.18. The number of benzene rings is 1. The summed E-state index contributed by atoms with van der Waals surface area (Å²) in [5.41, 5.74) is 0.675. The van der Waals surface area contributed by atoms with E-state index in [1.807, 2.05) is 0 Å². The number of aromatic nitrogens is 4. The first kappa shape index (κ1) is 17.0. The Balaban J connectivity index is 1.71. The van der Waals surface area contributed by atoms with E-state index < -0.39 is 18.3 Å². The zero-order chi connectivity index (χ0) is 18.0. The number of amides is 1. The summed E-state index contributed by atoms with van der Waals surface area (Å²) >= 11 is 5.95. The summed E-state index contributed by atoms with van der Waals surface area (Å²) in [6.07, 6.45) is 3.97. The highest BCUT2D eigenvalue weighted by Crippen LogP contribution is 2.19. The largest absolute Gasteiger partial charge is 0.333 e. The van der Waals surface area contributed by atoms with Gasteiger partial charge in [-0.15, -0.1) is 0 Å². The molecule has 0 radical (unpaired) electrons. The second kappa shape index (κ2) is 6.98. The van der Waals surface area contributed by atoms with E-state index in [9.17, 15) is 18.0 Å². The fourth-order valence-corrected chi connectivity index (χ4v) is 2.41. The van der Waals surface area contributed by atoms with Crippen LogP contribution in [0.25, 0.3) is 0 Å². The molecule has 2 heterocycles. The predicted octanol–water partition coefficient (Wildman–Crippen LogP) is 3.57. The predicted molar refractivity (Wildman–Crippen MR) is 84.2 cm³/mol. The maximum absolute atomic E-state index is 13.0. The smallest absolute Gasteiger partial charge is 0.318 e. The second-order valence-corrected chi connectivity index (χ2v) is 5.46. The Labute approximate surface area is 144 Å². The molecule has 3 rings (SSSR count). The molecule has 0 atom stereocenters. The third-order valence-corrected chi connectivity index (χ3v) is 3.68. The van der Waals surface area contributed by atoms with Crippen LogP contribution in [0.5, 0.6) is 0 Å². The highest BCUT2D eigenvalue weighted by Gasteiger charge is 2.18. The van der Waals surface area contributed by atoms with Crippen molar-refractivity contribution in [2.45, 2.75) is 13.1 Å². The molecule has 1 amide bonds. The van der Waals surface area contributed by atoms with Crippen LogP contribution in [0.4, 0.5) is 18.9 Å². The van der Waals surface area contributed by atoms with Crippen molar-refractivity contribution in [2.75, 3.05) is 5.32 Å². The van der Waals surface area contributed by atoms with Gasteiger partial charge in [-0.2, -0.15) is 23.7 Å². The van der Waals surface area contributed by atoms with E-state index in [0.29, 0.717) is 15.9 Å². The van der Waals surface area contributed by atoms with E-state index in [1.54, 1.807) is 0 Å². The lowest BCUT2D eigenvalue weighted by Gasteiger charge is -2.06.